The lowest BCUT2D eigenvalue weighted by Crippen LogP contribution is -2.33. The summed E-state index contributed by atoms with van der Waals surface area (Å²) in [5.41, 5.74) is 5.55. The number of hydrogen-bond donors (Lipinski definition) is 3. The molecule has 0 aromatic heterocycles. The Kier molecular flexibility index (Phi) is 2.38. The summed E-state index contributed by atoms with van der Waals surface area (Å²) >= 11 is 0. The fourth-order valence-corrected chi connectivity index (χ4v) is 0.955. The monoisotopic (exact) mass is 156 g/mol. The summed E-state index contributed by atoms with van der Waals surface area (Å²) in [5.74, 6) is 0.851. The molecule has 0 amide bonds. The molecular formula is C7H12N2O2. The Morgan fingerprint density at radius 3 is 2.91 bits per heavy atom. The second-order valence-corrected chi connectivity index (χ2v) is 2.39. The van der Waals surface area contributed by atoms with E-state index >= 15 is 0 Å². The van der Waals surface area contributed by atoms with Crippen LogP contribution in [-0.2, 0) is 0 Å². The highest BCUT2D eigenvalue weighted by Crippen LogP contribution is 2.07. The van der Waals surface area contributed by atoms with Crippen molar-refractivity contribution >= 4 is 0 Å². The van der Waals surface area contributed by atoms with Crippen LogP contribution in [0.5, 0.6) is 0 Å². The summed E-state index contributed by atoms with van der Waals surface area (Å²) in [4.78, 5) is 1.70. The third-order valence-electron chi connectivity index (χ3n) is 1.53. The van der Waals surface area contributed by atoms with Crippen molar-refractivity contribution in [2.24, 2.45) is 5.73 Å². The molecule has 4 heteroatoms. The smallest absolute Gasteiger partial charge is 0.112 e. The van der Waals surface area contributed by atoms with Gasteiger partial charge in [0.25, 0.3) is 0 Å². The van der Waals surface area contributed by atoms with E-state index in [1.54, 1.807) is 17.1 Å². The van der Waals surface area contributed by atoms with E-state index in [9.17, 15) is 0 Å². The van der Waals surface area contributed by atoms with Crippen LogP contribution in [0, 0.1) is 0 Å². The number of nitrogens with zero attached hydrogens (tertiary/aromatic N) is 1. The first-order chi connectivity index (χ1) is 5.24. The molecule has 4 nitrogen and oxygen atoms in total. The SMILES string of the molecule is NC1=CC=C(O)CN1CCO. The lowest BCUT2D eigenvalue weighted by Gasteiger charge is -2.25. The molecule has 4 N–H and O–H groups in total. The molecule has 0 saturated carbocycles. The number of hydrogen-bond acceptors (Lipinski definition) is 4. The molecule has 1 aliphatic rings. The van der Waals surface area contributed by atoms with Gasteiger partial charge >= 0.3 is 0 Å². The van der Waals surface area contributed by atoms with Gasteiger partial charge in [0.2, 0.25) is 0 Å². The van der Waals surface area contributed by atoms with Crippen molar-refractivity contribution < 1.29 is 10.2 Å². The van der Waals surface area contributed by atoms with Crippen LogP contribution < -0.4 is 5.73 Å². The lowest BCUT2D eigenvalue weighted by atomic mass is 10.3. The fourth-order valence-electron chi connectivity index (χ4n) is 0.955. The number of aliphatic hydroxyl groups excluding tert-OH is 2. The molecule has 0 saturated heterocycles. The van der Waals surface area contributed by atoms with Gasteiger partial charge in [0.15, 0.2) is 0 Å². The Bertz CT molecular complexity index is 199. The number of aliphatic hydroxyl groups is 2. The van der Waals surface area contributed by atoms with Crippen LogP contribution in [0.3, 0.4) is 0 Å². The summed E-state index contributed by atoms with van der Waals surface area (Å²) < 4.78 is 0. The van der Waals surface area contributed by atoms with Crippen molar-refractivity contribution in [2.75, 3.05) is 19.7 Å². The summed E-state index contributed by atoms with van der Waals surface area (Å²) in [5, 5.41) is 17.7. The number of β-amino-alcohol motifs (C(OH)–C–C–N with tert-alkyl or cyclic N) is 1. The predicted molar refractivity (Wildman–Crippen MR) is 41.6 cm³/mol. The number of nitrogens with two attached hydrogens (primary N) is 1. The zero-order chi connectivity index (χ0) is 8.27. The molecular weight excluding hydrogens is 144 g/mol. The Labute approximate surface area is 65.2 Å². The van der Waals surface area contributed by atoms with Crippen molar-refractivity contribution in [3.8, 4) is 0 Å². The average molecular weight is 156 g/mol. The fraction of sp³-hybridized carbons (Fsp3) is 0.429. The summed E-state index contributed by atoms with van der Waals surface area (Å²) in [6.45, 7) is 0.894. The van der Waals surface area contributed by atoms with Crippen molar-refractivity contribution in [2.45, 2.75) is 0 Å². The first-order valence-corrected chi connectivity index (χ1v) is 3.45. The minimum absolute atomic E-state index is 0.0435. The second-order valence-electron chi connectivity index (χ2n) is 2.39. The number of allylic oxidation sites excluding steroid dienone is 2. The van der Waals surface area contributed by atoms with Gasteiger partial charge in [-0.25, -0.2) is 0 Å². The molecule has 0 spiro atoms. The Balaban J connectivity index is 2.58. The van der Waals surface area contributed by atoms with E-state index in [1.807, 2.05) is 0 Å². The third kappa shape index (κ3) is 1.88. The molecule has 0 aromatic rings. The Morgan fingerprint density at radius 2 is 2.27 bits per heavy atom. The van der Waals surface area contributed by atoms with E-state index in [4.69, 9.17) is 15.9 Å². The molecule has 0 fully saturated rings. The topological polar surface area (TPSA) is 69.7 Å². The molecule has 0 aliphatic carbocycles. The van der Waals surface area contributed by atoms with Gasteiger partial charge in [-0.05, 0) is 12.2 Å². The van der Waals surface area contributed by atoms with Gasteiger partial charge in [-0.15, -0.1) is 0 Å². The predicted octanol–water partition coefficient (Wildman–Crippen LogP) is -0.464. The molecule has 62 valence electrons. The quantitative estimate of drug-likeness (QED) is 0.506. The van der Waals surface area contributed by atoms with Crippen LogP contribution >= 0.6 is 0 Å². The highest BCUT2D eigenvalue weighted by Gasteiger charge is 2.10. The maximum absolute atomic E-state index is 9.06. The van der Waals surface area contributed by atoms with Gasteiger partial charge < -0.3 is 20.8 Å². The van der Waals surface area contributed by atoms with E-state index in [0.29, 0.717) is 18.9 Å². The van der Waals surface area contributed by atoms with E-state index in [1.165, 1.54) is 0 Å². The molecule has 11 heavy (non-hydrogen) atoms. The van der Waals surface area contributed by atoms with E-state index in [-0.39, 0.29) is 12.4 Å². The van der Waals surface area contributed by atoms with E-state index in [2.05, 4.69) is 0 Å². The third-order valence-corrected chi connectivity index (χ3v) is 1.53. The van der Waals surface area contributed by atoms with Gasteiger partial charge in [0.1, 0.15) is 5.76 Å². The van der Waals surface area contributed by atoms with Crippen LogP contribution in [0.1, 0.15) is 0 Å². The first kappa shape index (κ1) is 7.94. The normalized spacial score (nSPS) is 17.7. The van der Waals surface area contributed by atoms with Crippen molar-refractivity contribution in [1.82, 2.24) is 4.90 Å². The highest BCUT2D eigenvalue weighted by atomic mass is 16.3. The van der Waals surface area contributed by atoms with Crippen LogP contribution in [0.2, 0.25) is 0 Å². The largest absolute Gasteiger partial charge is 0.510 e. The van der Waals surface area contributed by atoms with Crippen LogP contribution in [-0.4, -0.2) is 34.8 Å². The Morgan fingerprint density at radius 1 is 1.55 bits per heavy atom. The minimum Gasteiger partial charge on any atom is -0.510 e. The number of rotatable bonds is 2. The minimum atomic E-state index is 0.0435. The lowest BCUT2D eigenvalue weighted by molar-refractivity contribution is 0.214. The van der Waals surface area contributed by atoms with E-state index < -0.39 is 0 Å². The summed E-state index contributed by atoms with van der Waals surface area (Å²) in [6.07, 6.45) is 3.18. The molecule has 0 radical (unpaired) electrons. The maximum Gasteiger partial charge on any atom is 0.112 e. The zero-order valence-electron chi connectivity index (χ0n) is 6.20. The van der Waals surface area contributed by atoms with Crippen molar-refractivity contribution in [1.29, 1.82) is 0 Å². The molecule has 1 rings (SSSR count). The average Bonchev–Trinajstić information content (AvgIpc) is 1.98. The van der Waals surface area contributed by atoms with E-state index in [0.717, 1.165) is 0 Å². The van der Waals surface area contributed by atoms with Gasteiger partial charge in [-0.1, -0.05) is 0 Å². The first-order valence-electron chi connectivity index (χ1n) is 3.45. The van der Waals surface area contributed by atoms with Crippen LogP contribution in [0.15, 0.2) is 23.7 Å². The van der Waals surface area contributed by atoms with Gasteiger partial charge in [-0.3, -0.25) is 0 Å². The molecule has 1 heterocycles. The van der Waals surface area contributed by atoms with Gasteiger partial charge in [-0.2, -0.15) is 0 Å². The molecule has 0 aromatic carbocycles. The summed E-state index contributed by atoms with van der Waals surface area (Å²) in [6, 6.07) is 0. The van der Waals surface area contributed by atoms with Crippen molar-refractivity contribution in [3.05, 3.63) is 23.7 Å². The maximum atomic E-state index is 9.06. The summed E-state index contributed by atoms with van der Waals surface area (Å²) in [7, 11) is 0. The van der Waals surface area contributed by atoms with Gasteiger partial charge in [0, 0.05) is 6.54 Å². The molecule has 0 atom stereocenters. The highest BCUT2D eigenvalue weighted by molar-refractivity contribution is 5.18. The van der Waals surface area contributed by atoms with Crippen LogP contribution in [0.4, 0.5) is 0 Å². The van der Waals surface area contributed by atoms with Gasteiger partial charge in [0.05, 0.1) is 19.0 Å². The standard InChI is InChI=1S/C7H12N2O2/c8-7-2-1-6(11)5-9(7)3-4-10/h1-2,10-11H,3-5,8H2. The molecule has 1 aliphatic heterocycles. The van der Waals surface area contributed by atoms with Crippen molar-refractivity contribution in [3.63, 3.8) is 0 Å². The second kappa shape index (κ2) is 3.30. The van der Waals surface area contributed by atoms with Crippen LogP contribution in [0.25, 0.3) is 0 Å². The Hall–Kier alpha value is -1.16. The molecule has 0 bridgehead atoms. The zero-order valence-corrected chi connectivity index (χ0v) is 6.20. The molecule has 0 unspecified atom stereocenters.